The van der Waals surface area contributed by atoms with E-state index in [1.54, 1.807) is 30.0 Å². The van der Waals surface area contributed by atoms with Gasteiger partial charge in [0, 0.05) is 44.0 Å². The Hall–Kier alpha value is -4.87. The minimum absolute atomic E-state index is 0.153. The van der Waals surface area contributed by atoms with Crippen LogP contribution in [0.5, 0.6) is 5.75 Å². The summed E-state index contributed by atoms with van der Waals surface area (Å²) in [5, 5.41) is 12.9. The highest BCUT2D eigenvalue weighted by Crippen LogP contribution is 2.36. The van der Waals surface area contributed by atoms with Gasteiger partial charge in [0.25, 0.3) is 5.91 Å². The number of anilines is 3. The summed E-state index contributed by atoms with van der Waals surface area (Å²) in [7, 11) is 4.05. The number of ether oxygens (including phenoxy) is 1. The fourth-order valence-electron chi connectivity index (χ4n) is 6.34. The highest BCUT2D eigenvalue weighted by molar-refractivity contribution is 6.02. The number of aliphatic hydroxyl groups is 1. The van der Waals surface area contributed by atoms with Crippen LogP contribution >= 0.6 is 0 Å². The Kier molecular flexibility index (Phi) is 11.7. The third-order valence-corrected chi connectivity index (χ3v) is 9.36. The van der Waals surface area contributed by atoms with Crippen molar-refractivity contribution in [3.8, 4) is 5.75 Å². The van der Waals surface area contributed by atoms with Crippen LogP contribution in [0.3, 0.4) is 0 Å². The summed E-state index contributed by atoms with van der Waals surface area (Å²) in [4.78, 5) is 33.0. The number of aliphatic hydroxyl groups excluding tert-OH is 1. The standard InChI is InChI=1S/C40H45F3N4O4/c1-26-9-6-7-12-35(26)46(5)32-19-15-30(16-20-32)23-45(4)24-36-27(2)22-47(28(3)25-48)39(50)33-10-8-11-34(38(33)51-36)44-37(49)21-29-13-17-31(18-14-29)40(41,42)43/h6-20,27-28,36,48H,21-25H2,1-5H3,(H,44,49)/t27-,28?,36-/m1/s1. The van der Waals surface area contributed by atoms with Crippen molar-refractivity contribution in [2.24, 2.45) is 5.92 Å². The molecule has 1 heterocycles. The Morgan fingerprint density at radius 1 is 0.980 bits per heavy atom. The normalized spacial score (nSPS) is 16.9. The van der Waals surface area contributed by atoms with E-state index in [9.17, 15) is 27.9 Å². The van der Waals surface area contributed by atoms with Gasteiger partial charge in [-0.05, 0) is 80.1 Å². The van der Waals surface area contributed by atoms with Crippen LogP contribution in [0.25, 0.3) is 0 Å². The van der Waals surface area contributed by atoms with Gasteiger partial charge in [-0.2, -0.15) is 13.2 Å². The van der Waals surface area contributed by atoms with E-state index in [-0.39, 0.29) is 41.9 Å². The lowest BCUT2D eigenvalue weighted by Gasteiger charge is -2.38. The molecule has 0 aromatic heterocycles. The number of hydrogen-bond acceptors (Lipinski definition) is 6. The molecule has 3 atom stereocenters. The third kappa shape index (κ3) is 9.08. The van der Waals surface area contributed by atoms with E-state index in [2.05, 4.69) is 58.4 Å². The molecule has 0 spiro atoms. The highest BCUT2D eigenvalue weighted by Gasteiger charge is 2.35. The number of halogens is 3. The van der Waals surface area contributed by atoms with Crippen LogP contribution in [0, 0.1) is 12.8 Å². The number of likely N-dealkylation sites (N-methyl/N-ethyl adjacent to an activating group) is 1. The monoisotopic (exact) mass is 702 g/mol. The van der Waals surface area contributed by atoms with Gasteiger partial charge in [-0.1, -0.05) is 55.5 Å². The van der Waals surface area contributed by atoms with Gasteiger partial charge in [0.05, 0.1) is 35.9 Å². The zero-order valence-corrected chi connectivity index (χ0v) is 29.6. The largest absolute Gasteiger partial charge is 0.486 e. The number of para-hydroxylation sites is 2. The van der Waals surface area contributed by atoms with Crippen molar-refractivity contribution in [3.05, 3.63) is 119 Å². The molecule has 0 aliphatic carbocycles. The van der Waals surface area contributed by atoms with Crippen molar-refractivity contribution in [1.82, 2.24) is 9.80 Å². The number of benzene rings is 4. The molecule has 11 heteroatoms. The Labute approximate surface area is 297 Å². The third-order valence-electron chi connectivity index (χ3n) is 9.36. The average molecular weight is 703 g/mol. The van der Waals surface area contributed by atoms with Gasteiger partial charge >= 0.3 is 6.18 Å². The Morgan fingerprint density at radius 2 is 1.65 bits per heavy atom. The van der Waals surface area contributed by atoms with E-state index >= 15 is 0 Å². The predicted molar refractivity (Wildman–Crippen MR) is 193 cm³/mol. The molecule has 1 aliphatic heterocycles. The van der Waals surface area contributed by atoms with Crippen LogP contribution < -0.4 is 15.0 Å². The maximum atomic E-state index is 13.8. The van der Waals surface area contributed by atoms with Crippen LogP contribution in [0.2, 0.25) is 0 Å². The lowest BCUT2D eigenvalue weighted by Crippen LogP contribution is -2.49. The summed E-state index contributed by atoms with van der Waals surface area (Å²) < 4.78 is 45.7. The number of hydrogen-bond donors (Lipinski definition) is 2. The first-order valence-corrected chi connectivity index (χ1v) is 17.0. The molecule has 4 aromatic rings. The van der Waals surface area contributed by atoms with Crippen LogP contribution in [-0.4, -0.2) is 72.7 Å². The number of aryl methyl sites for hydroxylation is 1. The zero-order chi connectivity index (χ0) is 36.9. The Bertz CT molecular complexity index is 1810. The minimum Gasteiger partial charge on any atom is -0.486 e. The second-order valence-corrected chi connectivity index (χ2v) is 13.4. The van der Waals surface area contributed by atoms with Crippen LogP contribution in [0.4, 0.5) is 30.2 Å². The van der Waals surface area contributed by atoms with Gasteiger partial charge in [0.15, 0.2) is 5.75 Å². The van der Waals surface area contributed by atoms with Crippen molar-refractivity contribution in [2.45, 2.75) is 52.1 Å². The molecule has 0 saturated carbocycles. The molecule has 2 amide bonds. The molecular formula is C40H45F3N4O4. The highest BCUT2D eigenvalue weighted by atomic mass is 19.4. The van der Waals surface area contributed by atoms with Gasteiger partial charge in [0.2, 0.25) is 5.91 Å². The molecule has 0 saturated heterocycles. The second kappa shape index (κ2) is 16.0. The Morgan fingerprint density at radius 3 is 2.29 bits per heavy atom. The SMILES string of the molecule is Cc1ccccc1N(C)c1ccc(CN(C)C[C@H]2Oc3c(NC(=O)Cc4ccc(C(F)(F)F)cc4)cccc3C(=O)N(C(C)CO)C[C@H]2C)cc1. The number of nitrogens with one attached hydrogen (secondary N) is 1. The number of alkyl halides is 3. The molecule has 1 unspecified atom stereocenters. The van der Waals surface area contributed by atoms with Crippen LogP contribution in [-0.2, 0) is 23.9 Å². The summed E-state index contributed by atoms with van der Waals surface area (Å²) in [6.45, 7) is 7.12. The number of amides is 2. The van der Waals surface area contributed by atoms with Crippen LogP contribution in [0.1, 0.15) is 46.5 Å². The number of fused-ring (bicyclic) bond motifs is 1. The van der Waals surface area contributed by atoms with Crippen molar-refractivity contribution in [3.63, 3.8) is 0 Å². The summed E-state index contributed by atoms with van der Waals surface area (Å²) >= 11 is 0. The van der Waals surface area contributed by atoms with E-state index in [4.69, 9.17) is 4.74 Å². The number of nitrogens with zero attached hydrogens (tertiary/aromatic N) is 3. The summed E-state index contributed by atoms with van der Waals surface area (Å²) in [6.07, 6.45) is -5.06. The lowest BCUT2D eigenvalue weighted by molar-refractivity contribution is -0.137. The van der Waals surface area contributed by atoms with Crippen molar-refractivity contribution in [2.75, 3.05) is 44.0 Å². The predicted octanol–water partition coefficient (Wildman–Crippen LogP) is 7.32. The van der Waals surface area contributed by atoms with Crippen molar-refractivity contribution in [1.29, 1.82) is 0 Å². The molecule has 0 radical (unpaired) electrons. The summed E-state index contributed by atoms with van der Waals surface area (Å²) in [5.74, 6) is -0.744. The lowest BCUT2D eigenvalue weighted by atomic mass is 9.98. The molecule has 4 aromatic carbocycles. The molecule has 1 aliphatic rings. The first-order valence-electron chi connectivity index (χ1n) is 17.0. The summed E-state index contributed by atoms with van der Waals surface area (Å²) in [6, 6.07) is 25.5. The van der Waals surface area contributed by atoms with Gasteiger partial charge in [-0.3, -0.25) is 14.5 Å². The molecule has 8 nitrogen and oxygen atoms in total. The van der Waals surface area contributed by atoms with Crippen molar-refractivity contribution >= 4 is 28.9 Å². The molecule has 270 valence electrons. The van der Waals surface area contributed by atoms with E-state index in [1.165, 1.54) is 17.7 Å². The second-order valence-electron chi connectivity index (χ2n) is 13.4. The molecule has 51 heavy (non-hydrogen) atoms. The number of carbonyl (C=O) groups is 2. The number of carbonyl (C=O) groups excluding carboxylic acids is 2. The van der Waals surface area contributed by atoms with Crippen molar-refractivity contribution < 1.29 is 32.6 Å². The average Bonchev–Trinajstić information content (AvgIpc) is 3.09. The van der Waals surface area contributed by atoms with Crippen LogP contribution in [0.15, 0.2) is 91.0 Å². The van der Waals surface area contributed by atoms with E-state index in [0.717, 1.165) is 29.1 Å². The van der Waals surface area contributed by atoms with E-state index < -0.39 is 29.8 Å². The van der Waals surface area contributed by atoms with Gasteiger partial charge in [0.1, 0.15) is 6.10 Å². The maximum Gasteiger partial charge on any atom is 0.416 e. The molecule has 0 fully saturated rings. The quantitative estimate of drug-likeness (QED) is 0.171. The van der Waals surface area contributed by atoms with E-state index in [0.29, 0.717) is 25.2 Å². The first-order chi connectivity index (χ1) is 24.2. The fourth-order valence-corrected chi connectivity index (χ4v) is 6.34. The first kappa shape index (κ1) is 37.4. The number of rotatable bonds is 11. The minimum atomic E-state index is -4.47. The Balaban J connectivity index is 1.35. The fraction of sp³-hybridized carbons (Fsp3) is 0.350. The molecule has 5 rings (SSSR count). The smallest absolute Gasteiger partial charge is 0.416 e. The molecule has 2 N–H and O–H groups in total. The van der Waals surface area contributed by atoms with Gasteiger partial charge in [-0.15, -0.1) is 0 Å². The van der Waals surface area contributed by atoms with Gasteiger partial charge in [-0.25, -0.2) is 0 Å². The molecule has 0 bridgehead atoms. The van der Waals surface area contributed by atoms with E-state index in [1.807, 2.05) is 33.2 Å². The topological polar surface area (TPSA) is 85.4 Å². The summed E-state index contributed by atoms with van der Waals surface area (Å²) in [5.41, 5.74) is 4.64. The van der Waals surface area contributed by atoms with Gasteiger partial charge < -0.3 is 25.0 Å². The molecular weight excluding hydrogens is 657 g/mol. The maximum absolute atomic E-state index is 13.8. The zero-order valence-electron chi connectivity index (χ0n) is 29.6.